The molecular weight excluding hydrogens is 232 g/mol. The number of esters is 1. The first-order chi connectivity index (χ1) is 7.26. The summed E-state index contributed by atoms with van der Waals surface area (Å²) in [7, 11) is 0. The number of hydrogen-bond donors (Lipinski definition) is 0. The molecule has 0 unspecified atom stereocenters. The maximum absolute atomic E-state index is 11.1. The van der Waals surface area contributed by atoms with Crippen molar-refractivity contribution in [3.63, 3.8) is 0 Å². The van der Waals surface area contributed by atoms with Crippen molar-refractivity contribution in [1.29, 1.82) is 0 Å². The maximum atomic E-state index is 11.1. The molecule has 0 aromatic heterocycles. The van der Waals surface area contributed by atoms with Gasteiger partial charge in [-0.3, -0.25) is 0 Å². The number of carbonyl (C=O) groups is 1. The molecule has 15 heavy (non-hydrogen) atoms. The normalized spacial score (nSPS) is 7.73. The zero-order valence-electron chi connectivity index (χ0n) is 8.01. The van der Waals surface area contributed by atoms with Crippen LogP contribution >= 0.6 is 0 Å². The van der Waals surface area contributed by atoms with Crippen molar-refractivity contribution in [2.45, 2.75) is 0 Å². The molecule has 0 saturated carbocycles. The predicted octanol–water partition coefficient (Wildman–Crippen LogP) is 1.79. The summed E-state index contributed by atoms with van der Waals surface area (Å²) in [4.78, 5) is 11.1. The Balaban J connectivity index is 0.000000583. The average Bonchev–Trinajstić information content (AvgIpc) is 2.28. The Morgan fingerprint density at radius 1 is 1.33 bits per heavy atom. The summed E-state index contributed by atoms with van der Waals surface area (Å²) in [6.07, 6.45) is 1.54. The first-order valence-corrected chi connectivity index (χ1v) is 5.36. The molecule has 1 aromatic rings. The van der Waals surface area contributed by atoms with Crippen LogP contribution in [0.5, 0.6) is 0 Å². The molecule has 0 N–H and O–H groups in total. The first-order valence-electron chi connectivity index (χ1n) is 4.08. The summed E-state index contributed by atoms with van der Waals surface area (Å²) >= 11 is -2.00. The van der Waals surface area contributed by atoms with Crippen LogP contribution in [0.2, 0.25) is 0 Å². The van der Waals surface area contributed by atoms with Crippen molar-refractivity contribution in [3.05, 3.63) is 48.6 Å². The zero-order valence-corrected chi connectivity index (χ0v) is 9.57. The van der Waals surface area contributed by atoms with E-state index in [1.165, 1.54) is 0 Å². The molecule has 0 amide bonds. The quantitative estimate of drug-likeness (QED) is 0.460. The predicted molar refractivity (Wildman–Crippen MR) is 48.3 cm³/mol. The summed E-state index contributed by atoms with van der Waals surface area (Å²) in [5.74, 6) is -0.310. The monoisotopic (exact) mass is 242 g/mol. The molecule has 0 bridgehead atoms. The zero-order chi connectivity index (χ0) is 11.5. The van der Waals surface area contributed by atoms with Crippen LogP contribution in [0.3, 0.4) is 0 Å². The number of ether oxygens (including phenoxy) is 1. The van der Waals surface area contributed by atoms with Crippen LogP contribution in [0.4, 0.5) is 0 Å². The molecule has 78 valence electrons. The van der Waals surface area contributed by atoms with Crippen molar-refractivity contribution >= 4 is 5.97 Å². The molecule has 0 saturated heterocycles. The molecule has 0 atom stereocenters. The molecule has 4 nitrogen and oxygen atoms in total. The summed E-state index contributed by atoms with van der Waals surface area (Å²) in [6, 6.07) is 8.87. The third kappa shape index (κ3) is 6.77. The van der Waals surface area contributed by atoms with Gasteiger partial charge in [0.25, 0.3) is 0 Å². The fourth-order valence-electron chi connectivity index (χ4n) is 0.792. The molecule has 5 heteroatoms. The van der Waals surface area contributed by atoms with Gasteiger partial charge in [0.2, 0.25) is 0 Å². The Kier molecular flexibility index (Phi) is 8.53. The molecule has 0 aliphatic rings. The van der Waals surface area contributed by atoms with Gasteiger partial charge in [0.1, 0.15) is 6.61 Å². The van der Waals surface area contributed by atoms with Gasteiger partial charge in [-0.25, -0.2) is 4.79 Å². The Morgan fingerprint density at radius 2 is 1.87 bits per heavy atom. The van der Waals surface area contributed by atoms with E-state index in [-0.39, 0.29) is 12.6 Å². The Morgan fingerprint density at radius 3 is 2.33 bits per heavy atom. The van der Waals surface area contributed by atoms with Crippen molar-refractivity contribution in [2.75, 3.05) is 6.61 Å². The van der Waals surface area contributed by atoms with Crippen LogP contribution in [0.25, 0.3) is 0 Å². The van der Waals surface area contributed by atoms with E-state index in [0.717, 1.165) is 0 Å². The Labute approximate surface area is 96.5 Å². The number of rotatable bonds is 3. The fraction of sp³-hybridized carbons (Fsp3) is 0.100. The molecule has 0 heterocycles. The molecule has 0 spiro atoms. The molecule has 1 rings (SSSR count). The second kappa shape index (κ2) is 9.31. The SMILES string of the molecule is C=CCOC(=O)c1ccccc1.[O]=[Ti]=[O]. The van der Waals surface area contributed by atoms with Gasteiger partial charge in [-0.05, 0) is 12.1 Å². The van der Waals surface area contributed by atoms with Crippen molar-refractivity contribution < 1.29 is 35.3 Å². The van der Waals surface area contributed by atoms with Crippen LogP contribution in [0.1, 0.15) is 10.4 Å². The van der Waals surface area contributed by atoms with Gasteiger partial charge in [0.05, 0.1) is 5.56 Å². The van der Waals surface area contributed by atoms with Gasteiger partial charge in [-0.2, -0.15) is 0 Å². The third-order valence-electron chi connectivity index (χ3n) is 1.34. The third-order valence-corrected chi connectivity index (χ3v) is 1.34. The van der Waals surface area contributed by atoms with Crippen LogP contribution in [0.15, 0.2) is 43.0 Å². The summed E-state index contributed by atoms with van der Waals surface area (Å²) < 4.78 is 21.8. The van der Waals surface area contributed by atoms with E-state index in [4.69, 9.17) is 11.4 Å². The van der Waals surface area contributed by atoms with E-state index in [2.05, 4.69) is 6.58 Å². The van der Waals surface area contributed by atoms with Crippen molar-refractivity contribution in [1.82, 2.24) is 0 Å². The van der Waals surface area contributed by atoms with Crippen LogP contribution in [-0.2, 0) is 30.5 Å². The molecule has 0 aliphatic heterocycles. The fourth-order valence-corrected chi connectivity index (χ4v) is 0.792. The average molecular weight is 242 g/mol. The van der Waals surface area contributed by atoms with Crippen molar-refractivity contribution in [2.24, 2.45) is 0 Å². The van der Waals surface area contributed by atoms with E-state index in [0.29, 0.717) is 5.56 Å². The van der Waals surface area contributed by atoms with Gasteiger partial charge < -0.3 is 4.74 Å². The van der Waals surface area contributed by atoms with Gasteiger partial charge in [-0.1, -0.05) is 30.9 Å². The Bertz CT molecular complexity index is 342. The molecule has 1 aromatic carbocycles. The van der Waals surface area contributed by atoms with E-state index >= 15 is 0 Å². The van der Waals surface area contributed by atoms with E-state index in [1.54, 1.807) is 30.3 Å². The van der Waals surface area contributed by atoms with E-state index in [1.807, 2.05) is 6.07 Å². The van der Waals surface area contributed by atoms with Gasteiger partial charge in [0, 0.05) is 0 Å². The minimum absolute atomic E-state index is 0.258. The van der Waals surface area contributed by atoms with Gasteiger partial charge in [0.15, 0.2) is 0 Å². The van der Waals surface area contributed by atoms with Gasteiger partial charge in [-0.15, -0.1) is 0 Å². The van der Waals surface area contributed by atoms with Crippen LogP contribution < -0.4 is 0 Å². The van der Waals surface area contributed by atoms with Crippen LogP contribution in [-0.4, -0.2) is 12.6 Å². The van der Waals surface area contributed by atoms with E-state index in [9.17, 15) is 4.79 Å². The molecule has 0 fully saturated rings. The first kappa shape index (κ1) is 13.7. The summed E-state index contributed by atoms with van der Waals surface area (Å²) in [5, 5.41) is 0. The molecule has 0 aliphatic carbocycles. The Hall–Kier alpha value is -1.26. The standard InChI is InChI=1S/C10H10O2.2O.Ti/c1-2-8-12-10(11)9-6-4-3-5-7-9;;;/h2-7H,1,8H2;;;. The second-order valence-electron chi connectivity index (χ2n) is 2.34. The summed E-state index contributed by atoms with van der Waals surface area (Å²) in [5.41, 5.74) is 0.569. The second-order valence-corrected chi connectivity index (χ2v) is 2.60. The number of hydrogen-bond acceptors (Lipinski definition) is 4. The topological polar surface area (TPSA) is 60.4 Å². The van der Waals surface area contributed by atoms with Crippen molar-refractivity contribution in [3.8, 4) is 0 Å². The van der Waals surface area contributed by atoms with Gasteiger partial charge >= 0.3 is 31.7 Å². The summed E-state index contributed by atoms with van der Waals surface area (Å²) in [6.45, 7) is 3.71. The minimum atomic E-state index is -2.00. The molecule has 0 radical (unpaired) electrons. The molecular formula is C10H10O4Ti. The number of benzene rings is 1. The number of carbonyl (C=O) groups excluding carboxylic acids is 1. The van der Waals surface area contributed by atoms with Crippen LogP contribution in [0, 0.1) is 0 Å². The van der Waals surface area contributed by atoms with E-state index < -0.39 is 19.1 Å².